The molecule has 0 aliphatic carbocycles. The molecule has 16 heavy (non-hydrogen) atoms. The van der Waals surface area contributed by atoms with Crippen LogP contribution in [0.4, 0.5) is 0 Å². The van der Waals surface area contributed by atoms with Gasteiger partial charge in [0.2, 0.25) is 0 Å². The molecule has 1 N–H and O–H groups in total. The van der Waals surface area contributed by atoms with Crippen LogP contribution in [-0.4, -0.2) is 11.1 Å². The van der Waals surface area contributed by atoms with E-state index < -0.39 is 6.10 Å². The molecule has 0 saturated carbocycles. The van der Waals surface area contributed by atoms with Crippen molar-refractivity contribution in [2.24, 2.45) is 5.92 Å². The molecule has 0 radical (unpaired) electrons. The predicted octanol–water partition coefficient (Wildman–Crippen LogP) is 2.82. The van der Waals surface area contributed by atoms with Gasteiger partial charge in [-0.2, -0.15) is 0 Å². The summed E-state index contributed by atoms with van der Waals surface area (Å²) < 4.78 is 5.25. The van der Waals surface area contributed by atoms with E-state index in [9.17, 15) is 4.79 Å². The summed E-state index contributed by atoms with van der Waals surface area (Å²) in [5, 5.41) is 9.15. The smallest absolute Gasteiger partial charge is 0.309 e. The second-order valence-corrected chi connectivity index (χ2v) is 3.84. The zero-order valence-corrected chi connectivity index (χ0v) is 9.51. The summed E-state index contributed by atoms with van der Waals surface area (Å²) in [6, 6.07) is 6.51. The van der Waals surface area contributed by atoms with Crippen LogP contribution in [0.25, 0.3) is 0 Å². The summed E-state index contributed by atoms with van der Waals surface area (Å²) in [5.41, 5.74) is 0.793. The highest BCUT2D eigenvalue weighted by molar-refractivity contribution is 5.72. The Hall–Kier alpha value is -1.77. The van der Waals surface area contributed by atoms with Crippen molar-refractivity contribution >= 4 is 5.97 Å². The van der Waals surface area contributed by atoms with E-state index in [2.05, 4.69) is 6.58 Å². The van der Waals surface area contributed by atoms with Gasteiger partial charge in [-0.1, -0.05) is 32.6 Å². The van der Waals surface area contributed by atoms with Crippen LogP contribution in [0.15, 0.2) is 36.9 Å². The summed E-state index contributed by atoms with van der Waals surface area (Å²) in [7, 11) is 0. The molecule has 0 spiro atoms. The Morgan fingerprint density at radius 2 is 1.94 bits per heavy atom. The maximum absolute atomic E-state index is 11.4. The number of rotatable bonds is 4. The number of carbonyl (C=O) groups is 1. The van der Waals surface area contributed by atoms with Crippen LogP contribution in [0, 0.1) is 5.92 Å². The number of phenolic OH excluding ortho intramolecular Hbond substituents is 1. The first-order chi connectivity index (χ1) is 7.54. The zero-order chi connectivity index (χ0) is 12.1. The van der Waals surface area contributed by atoms with Gasteiger partial charge in [-0.15, -0.1) is 0 Å². The Morgan fingerprint density at radius 1 is 1.38 bits per heavy atom. The third-order valence-corrected chi connectivity index (χ3v) is 2.15. The Kier molecular flexibility index (Phi) is 4.11. The summed E-state index contributed by atoms with van der Waals surface area (Å²) in [4.78, 5) is 11.4. The second-order valence-electron chi connectivity index (χ2n) is 3.84. The average molecular weight is 220 g/mol. The van der Waals surface area contributed by atoms with E-state index in [-0.39, 0.29) is 17.6 Å². The van der Waals surface area contributed by atoms with Gasteiger partial charge in [0.15, 0.2) is 0 Å². The van der Waals surface area contributed by atoms with E-state index in [1.165, 1.54) is 0 Å². The minimum absolute atomic E-state index is 0.167. The maximum Gasteiger partial charge on any atom is 0.309 e. The van der Waals surface area contributed by atoms with Crippen LogP contribution in [0.2, 0.25) is 0 Å². The number of carbonyl (C=O) groups excluding carboxylic acids is 1. The average Bonchev–Trinajstić information content (AvgIpc) is 2.26. The topological polar surface area (TPSA) is 46.5 Å². The summed E-state index contributed by atoms with van der Waals surface area (Å²) in [6.45, 7) is 7.19. The van der Waals surface area contributed by atoms with Crippen molar-refractivity contribution in [1.29, 1.82) is 0 Å². The molecule has 0 heterocycles. The van der Waals surface area contributed by atoms with Gasteiger partial charge in [-0.3, -0.25) is 4.79 Å². The number of aromatic hydroxyl groups is 1. The lowest BCUT2D eigenvalue weighted by molar-refractivity contribution is -0.150. The molecule has 1 aromatic carbocycles. The monoisotopic (exact) mass is 220 g/mol. The first-order valence-electron chi connectivity index (χ1n) is 5.16. The van der Waals surface area contributed by atoms with Gasteiger partial charge in [-0.25, -0.2) is 0 Å². The molecule has 3 nitrogen and oxygen atoms in total. The molecule has 3 heteroatoms. The minimum atomic E-state index is -0.463. The van der Waals surface area contributed by atoms with Crippen molar-refractivity contribution in [1.82, 2.24) is 0 Å². The van der Waals surface area contributed by atoms with Crippen LogP contribution < -0.4 is 0 Å². The second kappa shape index (κ2) is 5.35. The van der Waals surface area contributed by atoms with Crippen molar-refractivity contribution in [3.8, 4) is 5.75 Å². The lowest BCUT2D eigenvalue weighted by atomic mass is 10.1. The van der Waals surface area contributed by atoms with Crippen LogP contribution in [0.1, 0.15) is 25.5 Å². The van der Waals surface area contributed by atoms with Gasteiger partial charge in [0.05, 0.1) is 5.92 Å². The fourth-order valence-electron chi connectivity index (χ4n) is 1.18. The lowest BCUT2D eigenvalue weighted by Crippen LogP contribution is -2.14. The first kappa shape index (κ1) is 12.3. The van der Waals surface area contributed by atoms with Crippen LogP contribution in [0.3, 0.4) is 0 Å². The summed E-state index contributed by atoms with van der Waals surface area (Å²) in [5.74, 6) is -0.251. The van der Waals surface area contributed by atoms with Crippen LogP contribution in [-0.2, 0) is 9.53 Å². The molecule has 1 aromatic rings. The standard InChI is InChI=1S/C13H16O3/c1-4-12(16-13(15)9(2)3)10-5-7-11(14)8-6-10/h4-9,12,14H,1H2,2-3H3/t12-/m0/s1. The van der Waals surface area contributed by atoms with E-state index in [0.29, 0.717) is 0 Å². The van der Waals surface area contributed by atoms with E-state index in [4.69, 9.17) is 9.84 Å². The minimum Gasteiger partial charge on any atom is -0.508 e. The number of ether oxygens (including phenoxy) is 1. The molecule has 0 saturated heterocycles. The maximum atomic E-state index is 11.4. The molecule has 0 aliphatic rings. The Labute approximate surface area is 95.4 Å². The lowest BCUT2D eigenvalue weighted by Gasteiger charge is -2.15. The van der Waals surface area contributed by atoms with Gasteiger partial charge in [0.1, 0.15) is 11.9 Å². The third kappa shape index (κ3) is 3.12. The fourth-order valence-corrected chi connectivity index (χ4v) is 1.18. The van der Waals surface area contributed by atoms with Crippen LogP contribution in [0.5, 0.6) is 5.75 Å². The van der Waals surface area contributed by atoms with Gasteiger partial charge >= 0.3 is 5.97 Å². The van der Waals surface area contributed by atoms with Gasteiger partial charge in [0, 0.05) is 0 Å². The molecule has 0 aromatic heterocycles. The van der Waals surface area contributed by atoms with Crippen LogP contribution >= 0.6 is 0 Å². The van der Waals surface area contributed by atoms with E-state index in [1.807, 2.05) is 0 Å². The number of esters is 1. The highest BCUT2D eigenvalue weighted by atomic mass is 16.5. The largest absolute Gasteiger partial charge is 0.508 e. The molecule has 86 valence electrons. The molecule has 1 rings (SSSR count). The van der Waals surface area contributed by atoms with Gasteiger partial charge < -0.3 is 9.84 Å². The predicted molar refractivity (Wildman–Crippen MR) is 62.0 cm³/mol. The molecule has 0 aliphatic heterocycles. The quantitative estimate of drug-likeness (QED) is 0.627. The van der Waals surface area contributed by atoms with Crippen molar-refractivity contribution < 1.29 is 14.6 Å². The summed E-state index contributed by atoms with van der Waals surface area (Å²) in [6.07, 6.45) is 1.10. The third-order valence-electron chi connectivity index (χ3n) is 2.15. The Bertz CT molecular complexity index is 365. The van der Waals surface area contributed by atoms with Gasteiger partial charge in [0.25, 0.3) is 0 Å². The summed E-state index contributed by atoms with van der Waals surface area (Å²) >= 11 is 0. The number of hydrogen-bond donors (Lipinski definition) is 1. The SMILES string of the molecule is C=C[C@H](OC(=O)C(C)C)c1ccc(O)cc1. The molecular formula is C13H16O3. The highest BCUT2D eigenvalue weighted by Gasteiger charge is 2.15. The van der Waals surface area contributed by atoms with Crippen molar-refractivity contribution in [2.75, 3.05) is 0 Å². The fraction of sp³-hybridized carbons (Fsp3) is 0.308. The molecule has 0 amide bonds. The Balaban J connectivity index is 2.78. The molecule has 0 bridgehead atoms. The van der Waals surface area contributed by atoms with Crippen molar-refractivity contribution in [2.45, 2.75) is 20.0 Å². The molecular weight excluding hydrogens is 204 g/mol. The normalized spacial score (nSPS) is 12.2. The van der Waals surface area contributed by atoms with E-state index in [1.54, 1.807) is 44.2 Å². The van der Waals surface area contributed by atoms with E-state index >= 15 is 0 Å². The van der Waals surface area contributed by atoms with Crippen molar-refractivity contribution in [3.63, 3.8) is 0 Å². The van der Waals surface area contributed by atoms with E-state index in [0.717, 1.165) is 5.56 Å². The van der Waals surface area contributed by atoms with Gasteiger partial charge in [-0.05, 0) is 23.8 Å². The molecule has 1 atom stereocenters. The highest BCUT2D eigenvalue weighted by Crippen LogP contribution is 2.22. The molecule has 0 fully saturated rings. The number of phenols is 1. The first-order valence-corrected chi connectivity index (χ1v) is 5.16. The number of benzene rings is 1. The molecule has 0 unspecified atom stereocenters. The number of hydrogen-bond acceptors (Lipinski definition) is 3. The van der Waals surface area contributed by atoms with Crippen molar-refractivity contribution in [3.05, 3.63) is 42.5 Å². The zero-order valence-electron chi connectivity index (χ0n) is 9.51. The Morgan fingerprint density at radius 3 is 2.38 bits per heavy atom.